The van der Waals surface area contributed by atoms with Gasteiger partial charge in [-0.05, 0) is 50.2 Å². The second-order valence-corrected chi connectivity index (χ2v) is 9.40. The molecule has 0 aromatic heterocycles. The van der Waals surface area contributed by atoms with Crippen molar-refractivity contribution in [3.63, 3.8) is 0 Å². The van der Waals surface area contributed by atoms with Crippen molar-refractivity contribution in [3.05, 3.63) is 54.1 Å². The van der Waals surface area contributed by atoms with Gasteiger partial charge < -0.3 is 19.5 Å². The molecule has 9 nitrogen and oxygen atoms in total. The Hall–Kier alpha value is -2.95. The Morgan fingerprint density at radius 1 is 1.09 bits per heavy atom. The normalized spacial score (nSPS) is 19.2. The molecular weight excluding hydrogens is 436 g/mol. The van der Waals surface area contributed by atoms with Crippen LogP contribution in [0.25, 0.3) is 0 Å². The van der Waals surface area contributed by atoms with E-state index in [1.165, 1.54) is 35.7 Å². The highest BCUT2D eigenvalue weighted by Crippen LogP contribution is 2.22. The van der Waals surface area contributed by atoms with Gasteiger partial charge in [0.05, 0.1) is 29.8 Å². The van der Waals surface area contributed by atoms with E-state index in [1.54, 1.807) is 24.3 Å². The molecule has 1 saturated heterocycles. The van der Waals surface area contributed by atoms with Crippen LogP contribution in [0.5, 0.6) is 5.75 Å². The van der Waals surface area contributed by atoms with E-state index in [1.807, 2.05) is 13.8 Å². The summed E-state index contributed by atoms with van der Waals surface area (Å²) in [6.45, 7) is 3.68. The zero-order chi connectivity index (χ0) is 23.3. The lowest BCUT2D eigenvalue weighted by Crippen LogP contribution is -2.48. The number of hydrogen-bond donors (Lipinski definition) is 1. The van der Waals surface area contributed by atoms with Crippen LogP contribution in [0.1, 0.15) is 24.2 Å². The first kappa shape index (κ1) is 23.7. The fourth-order valence-corrected chi connectivity index (χ4v) is 4.94. The number of esters is 1. The number of amides is 1. The van der Waals surface area contributed by atoms with E-state index in [0.717, 1.165) is 0 Å². The van der Waals surface area contributed by atoms with E-state index in [9.17, 15) is 18.0 Å². The number of carbonyl (C=O) groups excluding carboxylic acids is 2. The Morgan fingerprint density at radius 3 is 2.38 bits per heavy atom. The number of methoxy groups -OCH3 is 1. The topological polar surface area (TPSA) is 111 Å². The van der Waals surface area contributed by atoms with Crippen LogP contribution in [-0.4, -0.2) is 63.6 Å². The lowest BCUT2D eigenvalue weighted by atomic mass is 10.2. The summed E-state index contributed by atoms with van der Waals surface area (Å²) in [5, 5.41) is 2.60. The number of ether oxygens (including phenoxy) is 3. The molecule has 2 atom stereocenters. The predicted molar refractivity (Wildman–Crippen MR) is 117 cm³/mol. The maximum absolute atomic E-state index is 12.9. The minimum Gasteiger partial charge on any atom is -0.497 e. The lowest BCUT2D eigenvalue weighted by Gasteiger charge is -2.34. The first-order chi connectivity index (χ1) is 15.2. The molecule has 2 aromatic carbocycles. The average Bonchev–Trinajstić information content (AvgIpc) is 2.77. The molecule has 1 aliphatic heterocycles. The molecule has 3 rings (SSSR count). The molecule has 0 bridgehead atoms. The first-order valence-electron chi connectivity index (χ1n) is 10.1. The van der Waals surface area contributed by atoms with E-state index < -0.39 is 28.5 Å². The second-order valence-electron chi connectivity index (χ2n) is 7.46. The molecular formula is C22H26N2O7S. The van der Waals surface area contributed by atoms with Crippen LogP contribution in [0, 0.1) is 0 Å². The quantitative estimate of drug-likeness (QED) is 0.629. The Kier molecular flexibility index (Phi) is 7.49. The van der Waals surface area contributed by atoms with Gasteiger partial charge in [-0.25, -0.2) is 13.2 Å². The molecule has 1 aliphatic rings. The molecule has 32 heavy (non-hydrogen) atoms. The van der Waals surface area contributed by atoms with Crippen LogP contribution < -0.4 is 10.1 Å². The molecule has 2 unspecified atom stereocenters. The van der Waals surface area contributed by atoms with Gasteiger partial charge in [0.2, 0.25) is 10.0 Å². The average molecular weight is 463 g/mol. The Labute approximate surface area is 187 Å². The number of rotatable bonds is 7. The fraction of sp³-hybridized carbons (Fsp3) is 0.364. The van der Waals surface area contributed by atoms with Crippen molar-refractivity contribution in [3.8, 4) is 5.75 Å². The van der Waals surface area contributed by atoms with Crippen molar-refractivity contribution in [1.29, 1.82) is 0 Å². The molecule has 10 heteroatoms. The zero-order valence-corrected chi connectivity index (χ0v) is 18.9. The number of hydrogen-bond acceptors (Lipinski definition) is 7. The highest BCUT2D eigenvalue weighted by atomic mass is 32.2. The van der Waals surface area contributed by atoms with Crippen molar-refractivity contribution >= 4 is 27.6 Å². The molecule has 1 heterocycles. The van der Waals surface area contributed by atoms with Gasteiger partial charge in [0.1, 0.15) is 5.75 Å². The highest BCUT2D eigenvalue weighted by molar-refractivity contribution is 7.89. The van der Waals surface area contributed by atoms with E-state index >= 15 is 0 Å². The van der Waals surface area contributed by atoms with Crippen molar-refractivity contribution in [1.82, 2.24) is 4.31 Å². The smallest absolute Gasteiger partial charge is 0.338 e. The number of carbonyl (C=O) groups is 2. The van der Waals surface area contributed by atoms with Gasteiger partial charge in [0, 0.05) is 24.8 Å². The Balaban J connectivity index is 1.58. The number of sulfonamides is 1. The number of nitrogens with one attached hydrogen (secondary N) is 1. The molecule has 0 spiro atoms. The molecule has 1 amide bonds. The minimum atomic E-state index is -3.71. The van der Waals surface area contributed by atoms with E-state index in [4.69, 9.17) is 14.2 Å². The molecule has 172 valence electrons. The van der Waals surface area contributed by atoms with Gasteiger partial charge >= 0.3 is 5.97 Å². The number of nitrogens with zero attached hydrogens (tertiary/aromatic N) is 1. The number of benzene rings is 2. The number of morpholine rings is 1. The maximum Gasteiger partial charge on any atom is 0.338 e. The third kappa shape index (κ3) is 5.84. The van der Waals surface area contributed by atoms with Gasteiger partial charge in [0.25, 0.3) is 5.91 Å². The summed E-state index contributed by atoms with van der Waals surface area (Å²) in [7, 11) is -2.19. The SMILES string of the molecule is COc1cccc(NC(=O)COC(=O)c2ccc(S(=O)(=O)N3CC(C)OC(C)C3)cc2)c1. The molecule has 0 saturated carbocycles. The molecule has 1 N–H and O–H groups in total. The van der Waals surface area contributed by atoms with Crippen LogP contribution in [0.3, 0.4) is 0 Å². The Morgan fingerprint density at radius 2 is 1.75 bits per heavy atom. The maximum atomic E-state index is 12.9. The van der Waals surface area contributed by atoms with Gasteiger partial charge in [-0.2, -0.15) is 4.31 Å². The largest absolute Gasteiger partial charge is 0.497 e. The summed E-state index contributed by atoms with van der Waals surface area (Å²) in [6.07, 6.45) is -0.406. The standard InChI is InChI=1S/C22H26N2O7S/c1-15-12-24(13-16(2)31-15)32(27,28)20-9-7-17(8-10-20)22(26)30-14-21(25)23-18-5-4-6-19(11-18)29-3/h4-11,15-16H,12-14H2,1-3H3,(H,23,25). The van der Waals surface area contributed by atoms with Gasteiger partial charge in [0.15, 0.2) is 6.61 Å². The highest BCUT2D eigenvalue weighted by Gasteiger charge is 2.32. The van der Waals surface area contributed by atoms with E-state index in [-0.39, 0.29) is 35.8 Å². The molecule has 0 radical (unpaired) electrons. The van der Waals surface area contributed by atoms with Crippen molar-refractivity contribution in [2.45, 2.75) is 31.0 Å². The third-order valence-corrected chi connectivity index (χ3v) is 6.65. The summed E-state index contributed by atoms with van der Waals surface area (Å²) in [5.74, 6) is -0.666. The second kappa shape index (κ2) is 10.1. The predicted octanol–water partition coefficient (Wildman–Crippen LogP) is 2.29. The number of anilines is 1. The van der Waals surface area contributed by atoms with Crippen LogP contribution in [0.15, 0.2) is 53.4 Å². The molecule has 0 aliphatic carbocycles. The van der Waals surface area contributed by atoms with Crippen LogP contribution >= 0.6 is 0 Å². The van der Waals surface area contributed by atoms with Crippen LogP contribution in [0.2, 0.25) is 0 Å². The van der Waals surface area contributed by atoms with Crippen molar-refractivity contribution < 1.29 is 32.2 Å². The monoisotopic (exact) mass is 462 g/mol. The summed E-state index contributed by atoms with van der Waals surface area (Å²) in [4.78, 5) is 24.4. The van der Waals surface area contributed by atoms with Gasteiger partial charge in [-0.15, -0.1) is 0 Å². The first-order valence-corrected chi connectivity index (χ1v) is 11.5. The summed E-state index contributed by atoms with van der Waals surface area (Å²) in [6, 6.07) is 12.2. The van der Waals surface area contributed by atoms with Crippen LogP contribution in [0.4, 0.5) is 5.69 Å². The molecule has 1 fully saturated rings. The van der Waals surface area contributed by atoms with E-state index in [0.29, 0.717) is 11.4 Å². The van der Waals surface area contributed by atoms with E-state index in [2.05, 4.69) is 5.32 Å². The Bertz CT molecular complexity index is 1060. The third-order valence-electron chi connectivity index (χ3n) is 4.80. The summed E-state index contributed by atoms with van der Waals surface area (Å²) >= 11 is 0. The molecule has 2 aromatic rings. The van der Waals surface area contributed by atoms with Gasteiger partial charge in [-0.1, -0.05) is 6.07 Å². The summed E-state index contributed by atoms with van der Waals surface area (Å²) < 4.78 is 42.9. The van der Waals surface area contributed by atoms with Crippen molar-refractivity contribution in [2.24, 2.45) is 0 Å². The zero-order valence-electron chi connectivity index (χ0n) is 18.1. The summed E-state index contributed by atoms with van der Waals surface area (Å²) in [5.41, 5.74) is 0.647. The fourth-order valence-electron chi connectivity index (χ4n) is 3.35. The minimum absolute atomic E-state index is 0.0751. The lowest BCUT2D eigenvalue weighted by molar-refractivity contribution is -0.119. The van der Waals surface area contributed by atoms with Gasteiger partial charge in [-0.3, -0.25) is 4.79 Å². The van der Waals surface area contributed by atoms with Crippen molar-refractivity contribution in [2.75, 3.05) is 32.1 Å². The van der Waals surface area contributed by atoms with Crippen LogP contribution in [-0.2, 0) is 24.3 Å².